The number of nitrogens with zero attached hydrogens (tertiary/aromatic N) is 3. The highest BCUT2D eigenvalue weighted by atomic mass is 19.4. The van der Waals surface area contributed by atoms with Crippen LogP contribution in [0, 0.1) is 0 Å². The van der Waals surface area contributed by atoms with Gasteiger partial charge in [0, 0.05) is 37.2 Å². The lowest BCUT2D eigenvalue weighted by atomic mass is 10.1. The smallest absolute Gasteiger partial charge is 0.334 e. The van der Waals surface area contributed by atoms with Crippen LogP contribution in [0.1, 0.15) is 24.7 Å². The molecule has 1 aromatic carbocycles. The summed E-state index contributed by atoms with van der Waals surface area (Å²) < 4.78 is 40.0. The molecule has 0 unspecified atom stereocenters. The summed E-state index contributed by atoms with van der Waals surface area (Å²) in [5.74, 6) is 0.830. The van der Waals surface area contributed by atoms with Crippen LogP contribution in [0.25, 0.3) is 10.9 Å². The number of hydrogen-bond acceptors (Lipinski definition) is 3. The van der Waals surface area contributed by atoms with E-state index in [1.54, 1.807) is 12.4 Å². The molecule has 0 spiro atoms. The third-order valence-electron chi connectivity index (χ3n) is 3.85. The van der Waals surface area contributed by atoms with Gasteiger partial charge in [-0.15, -0.1) is 0 Å². The molecule has 2 aromatic heterocycles. The summed E-state index contributed by atoms with van der Waals surface area (Å²) in [7, 11) is 0. The number of hydrogen-bond donors (Lipinski definition) is 2. The fraction of sp³-hybridized carbons (Fsp3) is 0.312. The first-order chi connectivity index (χ1) is 11.9. The minimum atomic E-state index is -4.43. The number of alkyl halides is 3. The summed E-state index contributed by atoms with van der Waals surface area (Å²) in [5.41, 5.74) is -0.554. The third kappa shape index (κ3) is 3.65. The molecule has 3 aromatic rings. The fourth-order valence-electron chi connectivity index (χ4n) is 2.57. The number of nitrogens with one attached hydrogen (secondary N) is 2. The van der Waals surface area contributed by atoms with Gasteiger partial charge in [-0.25, -0.2) is 4.98 Å². The summed E-state index contributed by atoms with van der Waals surface area (Å²) in [6, 6.07) is 3.23. The van der Waals surface area contributed by atoms with E-state index in [4.69, 9.17) is 0 Å². The van der Waals surface area contributed by atoms with Crippen molar-refractivity contribution in [1.29, 1.82) is 0 Å². The van der Waals surface area contributed by atoms with E-state index in [1.807, 2.05) is 11.5 Å². The van der Waals surface area contributed by atoms with Crippen molar-refractivity contribution in [3.8, 4) is 0 Å². The predicted molar refractivity (Wildman–Crippen MR) is 85.9 cm³/mol. The summed E-state index contributed by atoms with van der Waals surface area (Å²) in [5, 5.41) is 9.46. The SMILES string of the molecule is CCc1nccn1CCC(=O)Nc1n[nH]c2cc(C(F)(F)F)ccc12. The minimum absolute atomic E-state index is 0.207. The molecule has 0 atom stereocenters. The van der Waals surface area contributed by atoms with Crippen LogP contribution in [0.4, 0.5) is 19.0 Å². The largest absolute Gasteiger partial charge is 0.416 e. The molecule has 0 aliphatic rings. The van der Waals surface area contributed by atoms with E-state index >= 15 is 0 Å². The number of carbonyl (C=O) groups is 1. The molecule has 3 rings (SSSR count). The monoisotopic (exact) mass is 351 g/mol. The van der Waals surface area contributed by atoms with Gasteiger partial charge in [0.25, 0.3) is 0 Å². The normalized spacial score (nSPS) is 11.8. The Balaban J connectivity index is 1.69. The molecule has 0 aliphatic carbocycles. The van der Waals surface area contributed by atoms with Crippen molar-refractivity contribution in [3.63, 3.8) is 0 Å². The van der Waals surface area contributed by atoms with Crippen LogP contribution in [-0.2, 0) is 23.9 Å². The Morgan fingerprint density at radius 1 is 1.36 bits per heavy atom. The van der Waals surface area contributed by atoms with Gasteiger partial charge < -0.3 is 9.88 Å². The highest BCUT2D eigenvalue weighted by molar-refractivity contribution is 5.99. The quantitative estimate of drug-likeness (QED) is 0.740. The molecule has 0 fully saturated rings. The van der Waals surface area contributed by atoms with Crippen molar-refractivity contribution in [3.05, 3.63) is 42.0 Å². The van der Waals surface area contributed by atoms with Gasteiger partial charge in [-0.2, -0.15) is 18.3 Å². The van der Waals surface area contributed by atoms with Crippen molar-refractivity contribution in [2.45, 2.75) is 32.5 Å². The van der Waals surface area contributed by atoms with Gasteiger partial charge in [0.15, 0.2) is 5.82 Å². The molecule has 132 valence electrons. The number of fused-ring (bicyclic) bond motifs is 1. The van der Waals surface area contributed by atoms with E-state index in [2.05, 4.69) is 20.5 Å². The van der Waals surface area contributed by atoms with Gasteiger partial charge in [0.1, 0.15) is 5.82 Å². The number of H-pyrrole nitrogens is 1. The second-order valence-electron chi connectivity index (χ2n) is 5.52. The summed E-state index contributed by atoms with van der Waals surface area (Å²) in [6.07, 6.45) is 0.0217. The van der Waals surface area contributed by atoms with E-state index in [0.717, 1.165) is 24.4 Å². The first kappa shape index (κ1) is 17.0. The molecule has 0 saturated heterocycles. The molecule has 0 bridgehead atoms. The highest BCUT2D eigenvalue weighted by Crippen LogP contribution is 2.32. The van der Waals surface area contributed by atoms with Gasteiger partial charge in [0.2, 0.25) is 5.91 Å². The maximum absolute atomic E-state index is 12.7. The molecule has 2 heterocycles. The van der Waals surface area contributed by atoms with Crippen molar-refractivity contribution < 1.29 is 18.0 Å². The van der Waals surface area contributed by atoms with Gasteiger partial charge in [-0.3, -0.25) is 9.89 Å². The number of imidazole rings is 1. The lowest BCUT2D eigenvalue weighted by Gasteiger charge is -2.07. The number of anilines is 1. The van der Waals surface area contributed by atoms with Gasteiger partial charge in [-0.1, -0.05) is 6.92 Å². The van der Waals surface area contributed by atoms with Crippen LogP contribution in [0.2, 0.25) is 0 Å². The molecule has 0 radical (unpaired) electrons. The van der Waals surface area contributed by atoms with E-state index in [0.29, 0.717) is 11.9 Å². The molecule has 9 heteroatoms. The number of aryl methyl sites for hydroxylation is 2. The number of amides is 1. The third-order valence-corrected chi connectivity index (χ3v) is 3.85. The van der Waals surface area contributed by atoms with E-state index in [9.17, 15) is 18.0 Å². The van der Waals surface area contributed by atoms with Gasteiger partial charge in [0.05, 0.1) is 11.1 Å². The van der Waals surface area contributed by atoms with Crippen molar-refractivity contribution in [2.24, 2.45) is 0 Å². The van der Waals surface area contributed by atoms with Crippen molar-refractivity contribution >= 4 is 22.6 Å². The van der Waals surface area contributed by atoms with Crippen LogP contribution in [-0.4, -0.2) is 25.7 Å². The van der Waals surface area contributed by atoms with Crippen LogP contribution in [0.5, 0.6) is 0 Å². The Kier molecular flexibility index (Phi) is 4.47. The molecule has 0 saturated carbocycles. The minimum Gasteiger partial charge on any atom is -0.334 e. The zero-order chi connectivity index (χ0) is 18.0. The zero-order valence-corrected chi connectivity index (χ0v) is 13.4. The summed E-state index contributed by atoms with van der Waals surface area (Å²) in [4.78, 5) is 16.3. The van der Waals surface area contributed by atoms with E-state index in [1.165, 1.54) is 6.07 Å². The first-order valence-corrected chi connectivity index (χ1v) is 7.73. The Bertz CT molecular complexity index is 897. The average Bonchev–Trinajstić information content (AvgIpc) is 3.18. The number of carbonyl (C=O) groups excluding carboxylic acids is 1. The Labute approximate surface area is 141 Å². The van der Waals surface area contributed by atoms with Gasteiger partial charge in [-0.05, 0) is 18.2 Å². The molecule has 6 nitrogen and oxygen atoms in total. The summed E-state index contributed by atoms with van der Waals surface area (Å²) in [6.45, 7) is 2.44. The van der Waals surface area contributed by atoms with Gasteiger partial charge >= 0.3 is 6.18 Å². The number of aromatic amines is 1. The number of aromatic nitrogens is 4. The van der Waals surface area contributed by atoms with E-state index < -0.39 is 11.7 Å². The molecule has 1 amide bonds. The van der Waals surface area contributed by atoms with E-state index in [-0.39, 0.29) is 23.7 Å². The molecular formula is C16H16F3N5O. The number of benzene rings is 1. The van der Waals surface area contributed by atoms with Crippen molar-refractivity contribution in [2.75, 3.05) is 5.32 Å². The van der Waals surface area contributed by atoms with Crippen molar-refractivity contribution in [1.82, 2.24) is 19.7 Å². The fourth-order valence-corrected chi connectivity index (χ4v) is 2.57. The number of halogens is 3. The second kappa shape index (κ2) is 6.58. The Hall–Kier alpha value is -2.84. The second-order valence-corrected chi connectivity index (χ2v) is 5.52. The first-order valence-electron chi connectivity index (χ1n) is 7.73. The Morgan fingerprint density at radius 2 is 2.16 bits per heavy atom. The average molecular weight is 351 g/mol. The standard InChI is InChI=1S/C16H16F3N5O/c1-2-13-20-6-8-24(13)7-5-14(25)21-15-11-4-3-10(16(17,18)19)9-12(11)22-23-15/h3-4,6,8-9H,2,5,7H2,1H3,(H2,21,22,23,25). The molecule has 25 heavy (non-hydrogen) atoms. The predicted octanol–water partition coefficient (Wildman–Crippen LogP) is 3.37. The van der Waals surface area contributed by atoms with Crippen LogP contribution >= 0.6 is 0 Å². The zero-order valence-electron chi connectivity index (χ0n) is 13.4. The number of rotatable bonds is 5. The maximum atomic E-state index is 12.7. The lowest BCUT2D eigenvalue weighted by Crippen LogP contribution is -2.15. The molecule has 0 aliphatic heterocycles. The molecule has 2 N–H and O–H groups in total. The lowest BCUT2D eigenvalue weighted by molar-refractivity contribution is -0.137. The summed E-state index contributed by atoms with van der Waals surface area (Å²) >= 11 is 0. The highest BCUT2D eigenvalue weighted by Gasteiger charge is 2.30. The van der Waals surface area contributed by atoms with Crippen LogP contribution in [0.15, 0.2) is 30.6 Å². The molecular weight excluding hydrogens is 335 g/mol. The Morgan fingerprint density at radius 3 is 2.88 bits per heavy atom. The van der Waals surface area contributed by atoms with Crippen LogP contribution < -0.4 is 5.32 Å². The topological polar surface area (TPSA) is 75.6 Å². The van der Waals surface area contributed by atoms with Crippen LogP contribution in [0.3, 0.4) is 0 Å². The maximum Gasteiger partial charge on any atom is 0.416 e.